The lowest BCUT2D eigenvalue weighted by Crippen LogP contribution is -2.12. The predicted molar refractivity (Wildman–Crippen MR) is 116 cm³/mol. The van der Waals surface area contributed by atoms with Gasteiger partial charge in [-0.05, 0) is 66.6 Å². The van der Waals surface area contributed by atoms with Crippen molar-refractivity contribution in [2.75, 3.05) is 6.79 Å². The molecule has 0 spiro atoms. The van der Waals surface area contributed by atoms with E-state index in [-0.39, 0.29) is 17.1 Å². The summed E-state index contributed by atoms with van der Waals surface area (Å²) < 4.78 is 40.4. The van der Waals surface area contributed by atoms with E-state index in [1.807, 2.05) is 13.0 Å². The van der Waals surface area contributed by atoms with Crippen molar-refractivity contribution >= 4 is 21.0 Å². The summed E-state index contributed by atoms with van der Waals surface area (Å²) >= 11 is 0. The minimum Gasteiger partial charge on any atom is -0.455 e. The Bertz CT molecular complexity index is 1500. The van der Waals surface area contributed by atoms with Gasteiger partial charge in [-0.25, -0.2) is 13.6 Å². The average molecular weight is 435 g/mol. The molecule has 0 unspecified atom stereocenters. The first-order valence-corrected chi connectivity index (χ1v) is 11.0. The highest BCUT2D eigenvalue weighted by atomic mass is 32.2. The van der Waals surface area contributed by atoms with Crippen LogP contribution in [0.5, 0.6) is 11.5 Å². The van der Waals surface area contributed by atoms with Gasteiger partial charge in [0.15, 0.2) is 11.5 Å². The lowest BCUT2D eigenvalue weighted by Gasteiger charge is -2.12. The zero-order valence-corrected chi connectivity index (χ0v) is 17.2. The molecule has 0 aliphatic carbocycles. The summed E-state index contributed by atoms with van der Waals surface area (Å²) in [5.74, 6) is 1.52. The largest absolute Gasteiger partial charge is 0.455 e. The van der Waals surface area contributed by atoms with Crippen LogP contribution in [0.25, 0.3) is 33.4 Å². The van der Waals surface area contributed by atoms with Gasteiger partial charge < -0.3 is 13.9 Å². The zero-order valence-electron chi connectivity index (χ0n) is 16.4. The van der Waals surface area contributed by atoms with Crippen LogP contribution < -0.4 is 20.0 Å². The molecule has 0 amide bonds. The molecule has 0 bridgehead atoms. The quantitative estimate of drug-likeness (QED) is 0.524. The summed E-state index contributed by atoms with van der Waals surface area (Å²) in [5, 5.41) is 5.65. The molecule has 31 heavy (non-hydrogen) atoms. The van der Waals surface area contributed by atoms with E-state index < -0.39 is 10.0 Å². The zero-order chi connectivity index (χ0) is 21.8. The van der Waals surface area contributed by atoms with Crippen molar-refractivity contribution in [3.8, 4) is 33.9 Å². The van der Waals surface area contributed by atoms with E-state index in [4.69, 9.17) is 19.0 Å². The van der Waals surface area contributed by atoms with E-state index in [9.17, 15) is 13.2 Å². The van der Waals surface area contributed by atoms with Crippen molar-refractivity contribution in [2.24, 2.45) is 5.14 Å². The van der Waals surface area contributed by atoms with E-state index in [0.29, 0.717) is 44.9 Å². The SMILES string of the molecule is Cc1cc(-c2c(-c3ccc(S(N)(=O)=O)cc3)oc3ccccc3c2=O)cc2c1OCO2. The van der Waals surface area contributed by atoms with Crippen LogP contribution in [0.4, 0.5) is 0 Å². The van der Waals surface area contributed by atoms with Crippen molar-refractivity contribution in [3.63, 3.8) is 0 Å². The van der Waals surface area contributed by atoms with Crippen LogP contribution in [0, 0.1) is 6.92 Å². The number of nitrogens with two attached hydrogens (primary N) is 1. The topological polar surface area (TPSA) is 109 Å². The molecule has 1 aromatic heterocycles. The fourth-order valence-corrected chi connectivity index (χ4v) is 4.25. The third-order valence-electron chi connectivity index (χ3n) is 5.19. The minimum atomic E-state index is -3.84. The van der Waals surface area contributed by atoms with Gasteiger partial charge in [0.05, 0.1) is 15.8 Å². The molecule has 8 heteroatoms. The van der Waals surface area contributed by atoms with Crippen LogP contribution in [0.2, 0.25) is 0 Å². The van der Waals surface area contributed by atoms with Crippen LogP contribution >= 0.6 is 0 Å². The summed E-state index contributed by atoms with van der Waals surface area (Å²) in [6.07, 6.45) is 0. The molecule has 5 rings (SSSR count). The van der Waals surface area contributed by atoms with Gasteiger partial charge in [0.1, 0.15) is 11.3 Å². The van der Waals surface area contributed by atoms with Crippen LogP contribution in [-0.4, -0.2) is 15.2 Å². The van der Waals surface area contributed by atoms with Gasteiger partial charge in [-0.3, -0.25) is 4.79 Å². The molecule has 2 N–H and O–H groups in total. The number of benzene rings is 3. The summed E-state index contributed by atoms with van der Waals surface area (Å²) in [5.41, 5.74) is 2.56. The molecule has 2 heterocycles. The Morgan fingerprint density at radius 2 is 1.68 bits per heavy atom. The lowest BCUT2D eigenvalue weighted by molar-refractivity contribution is 0.173. The number of fused-ring (bicyclic) bond motifs is 2. The number of primary sulfonamides is 1. The number of para-hydroxylation sites is 1. The van der Waals surface area contributed by atoms with Crippen LogP contribution in [-0.2, 0) is 10.0 Å². The summed E-state index contributed by atoms with van der Waals surface area (Å²) in [7, 11) is -3.84. The Labute approximate surface area is 177 Å². The van der Waals surface area contributed by atoms with Gasteiger partial charge in [0, 0.05) is 5.56 Å². The molecule has 1 aliphatic rings. The Hall–Kier alpha value is -3.62. The smallest absolute Gasteiger partial charge is 0.238 e. The first-order valence-electron chi connectivity index (χ1n) is 9.42. The molecule has 0 fully saturated rings. The number of sulfonamides is 1. The van der Waals surface area contributed by atoms with Gasteiger partial charge in [-0.2, -0.15) is 0 Å². The maximum atomic E-state index is 13.5. The molecule has 3 aromatic carbocycles. The Balaban J connectivity index is 1.81. The number of hydrogen-bond donors (Lipinski definition) is 1. The molecule has 0 atom stereocenters. The first-order chi connectivity index (χ1) is 14.8. The molecule has 0 radical (unpaired) electrons. The highest BCUT2D eigenvalue weighted by Crippen LogP contribution is 2.41. The number of hydrogen-bond acceptors (Lipinski definition) is 6. The molecule has 156 valence electrons. The van der Waals surface area contributed by atoms with Gasteiger partial charge in [-0.1, -0.05) is 12.1 Å². The highest BCUT2D eigenvalue weighted by molar-refractivity contribution is 7.89. The molecule has 0 saturated heterocycles. The second-order valence-electron chi connectivity index (χ2n) is 7.23. The predicted octanol–water partition coefficient (Wildman–Crippen LogP) is 3.81. The fourth-order valence-electron chi connectivity index (χ4n) is 3.73. The molecule has 4 aromatic rings. The van der Waals surface area contributed by atoms with E-state index in [2.05, 4.69) is 0 Å². The average Bonchev–Trinajstić information content (AvgIpc) is 3.22. The molecular formula is C23H17NO6S. The summed E-state index contributed by atoms with van der Waals surface area (Å²) in [6, 6.07) is 16.5. The molecule has 0 saturated carbocycles. The minimum absolute atomic E-state index is 0.0279. The van der Waals surface area contributed by atoms with Gasteiger partial charge >= 0.3 is 0 Å². The van der Waals surface area contributed by atoms with Crippen molar-refractivity contribution in [2.45, 2.75) is 11.8 Å². The fraction of sp³-hybridized carbons (Fsp3) is 0.0870. The lowest BCUT2D eigenvalue weighted by atomic mass is 9.96. The maximum absolute atomic E-state index is 13.5. The second kappa shape index (κ2) is 6.97. The first kappa shape index (κ1) is 19.3. The van der Waals surface area contributed by atoms with Gasteiger partial charge in [-0.15, -0.1) is 0 Å². The van der Waals surface area contributed by atoms with E-state index in [1.165, 1.54) is 12.1 Å². The molecule has 1 aliphatic heterocycles. The summed E-state index contributed by atoms with van der Waals surface area (Å²) in [4.78, 5) is 13.5. The monoisotopic (exact) mass is 435 g/mol. The van der Waals surface area contributed by atoms with E-state index >= 15 is 0 Å². The Morgan fingerprint density at radius 1 is 0.935 bits per heavy atom. The standard InChI is InChI=1S/C23H17NO6S/c1-13-10-15(11-19-22(13)29-12-28-19)20-21(25)17-4-2-3-5-18(17)30-23(20)14-6-8-16(9-7-14)31(24,26)27/h2-11H,12H2,1H3,(H2,24,26,27). The van der Waals surface area contributed by atoms with Crippen molar-refractivity contribution < 1.29 is 22.3 Å². The number of ether oxygens (including phenoxy) is 2. The number of rotatable bonds is 3. The Morgan fingerprint density at radius 3 is 2.42 bits per heavy atom. The third-order valence-corrected chi connectivity index (χ3v) is 6.12. The maximum Gasteiger partial charge on any atom is 0.238 e. The second-order valence-corrected chi connectivity index (χ2v) is 8.79. The molecular weight excluding hydrogens is 418 g/mol. The summed E-state index contributed by atoms with van der Waals surface area (Å²) in [6.45, 7) is 1.99. The van der Waals surface area contributed by atoms with Crippen molar-refractivity contribution in [3.05, 3.63) is 76.5 Å². The van der Waals surface area contributed by atoms with Crippen molar-refractivity contribution in [1.29, 1.82) is 0 Å². The Kier molecular flexibility index (Phi) is 4.35. The van der Waals surface area contributed by atoms with Gasteiger partial charge in [0.25, 0.3) is 0 Å². The van der Waals surface area contributed by atoms with Crippen LogP contribution in [0.15, 0.2) is 74.8 Å². The number of aryl methyl sites for hydroxylation is 1. The van der Waals surface area contributed by atoms with Crippen LogP contribution in [0.1, 0.15) is 5.56 Å². The van der Waals surface area contributed by atoms with Crippen LogP contribution in [0.3, 0.4) is 0 Å². The highest BCUT2D eigenvalue weighted by Gasteiger charge is 2.23. The third kappa shape index (κ3) is 3.26. The molecule has 7 nitrogen and oxygen atoms in total. The van der Waals surface area contributed by atoms with E-state index in [1.54, 1.807) is 42.5 Å². The van der Waals surface area contributed by atoms with Gasteiger partial charge in [0.2, 0.25) is 22.2 Å². The van der Waals surface area contributed by atoms with Crippen molar-refractivity contribution in [1.82, 2.24) is 0 Å². The normalized spacial score (nSPS) is 13.0. The van der Waals surface area contributed by atoms with E-state index in [0.717, 1.165) is 5.56 Å².